The summed E-state index contributed by atoms with van der Waals surface area (Å²) in [5, 5.41) is 0. The van der Waals surface area contributed by atoms with Gasteiger partial charge in [-0.2, -0.15) is 0 Å². The zero-order valence-corrected chi connectivity index (χ0v) is 26.1. The molecule has 0 unspecified atom stereocenters. The van der Waals surface area contributed by atoms with Gasteiger partial charge >= 0.3 is 0 Å². The van der Waals surface area contributed by atoms with Crippen LogP contribution in [0.4, 0.5) is 0 Å². The molecule has 0 aromatic carbocycles. The molecule has 14 nitrogen and oxygen atoms in total. The normalized spacial score (nSPS) is 22.5. The first-order valence-corrected chi connectivity index (χ1v) is 15.5. The quantitative estimate of drug-likeness (QED) is 0.305. The number of rotatable bonds is 3. The fraction of sp³-hybridized carbons (Fsp3) is 0.800. The summed E-state index contributed by atoms with van der Waals surface area (Å²) in [7, 11) is 0. The number of ether oxygens (including phenoxy) is 10. The molecular weight excluding hydrogens is 580 g/mol. The van der Waals surface area contributed by atoms with E-state index >= 15 is 0 Å². The van der Waals surface area contributed by atoms with Gasteiger partial charge in [0.1, 0.15) is 0 Å². The molecule has 0 aliphatic carbocycles. The van der Waals surface area contributed by atoms with Gasteiger partial charge in [0.2, 0.25) is 11.8 Å². The van der Waals surface area contributed by atoms with Gasteiger partial charge in [0.05, 0.1) is 132 Å². The van der Waals surface area contributed by atoms with Crippen LogP contribution in [0.2, 0.25) is 0 Å². The summed E-state index contributed by atoms with van der Waals surface area (Å²) in [6.07, 6.45) is 5.98. The molecule has 0 radical (unpaired) electrons. The van der Waals surface area contributed by atoms with Crippen LogP contribution in [0, 0.1) is 0 Å². The van der Waals surface area contributed by atoms with Crippen molar-refractivity contribution in [2.24, 2.45) is 0 Å². The van der Waals surface area contributed by atoms with Gasteiger partial charge in [-0.15, -0.1) is 0 Å². The summed E-state index contributed by atoms with van der Waals surface area (Å²) in [6.45, 7) is 10.4. The van der Waals surface area contributed by atoms with Crippen LogP contribution in [0.25, 0.3) is 0 Å². The Morgan fingerprint density at radius 3 is 0.705 bits per heavy atom. The third kappa shape index (κ3) is 21.7. The summed E-state index contributed by atoms with van der Waals surface area (Å²) in [6, 6.07) is 0. The molecule has 14 heteroatoms. The van der Waals surface area contributed by atoms with Gasteiger partial charge in [-0.1, -0.05) is 12.2 Å². The van der Waals surface area contributed by atoms with Crippen molar-refractivity contribution in [3.63, 3.8) is 0 Å². The minimum absolute atomic E-state index is 0.206. The number of nitrogens with zero attached hydrogens (tertiary/aromatic N) is 2. The summed E-state index contributed by atoms with van der Waals surface area (Å²) in [5.74, 6) is -0.412. The van der Waals surface area contributed by atoms with E-state index in [1.165, 1.54) is 12.2 Å². The van der Waals surface area contributed by atoms with Crippen LogP contribution in [0.1, 0.15) is 0 Å². The molecule has 0 atom stereocenters. The zero-order valence-electron chi connectivity index (χ0n) is 26.1. The standard InChI is InChI=1S/C30H52N2O12/c33-29(31-5-9-35-13-17-39-21-25-43-26-22-40-18-14-36-10-6-31)3-1-2-4-30(34)32-7-11-37-15-19-41-23-27-44-28-24-42-20-16-38-12-8-32/h1-4H,5-28H2/b3-1+,4-2+. The lowest BCUT2D eigenvalue weighted by atomic mass is 10.3. The van der Waals surface area contributed by atoms with Gasteiger partial charge in [0, 0.05) is 38.3 Å². The van der Waals surface area contributed by atoms with Crippen molar-refractivity contribution in [2.75, 3.05) is 158 Å². The fourth-order valence-electron chi connectivity index (χ4n) is 3.81. The number of carbonyl (C=O) groups is 2. The minimum Gasteiger partial charge on any atom is -0.377 e. The van der Waals surface area contributed by atoms with Gasteiger partial charge in [-0.3, -0.25) is 9.59 Å². The van der Waals surface area contributed by atoms with Gasteiger partial charge in [0.15, 0.2) is 0 Å². The second-order valence-electron chi connectivity index (χ2n) is 9.49. The number of carbonyl (C=O) groups excluding carboxylic acids is 2. The van der Waals surface area contributed by atoms with Crippen molar-refractivity contribution in [3.8, 4) is 0 Å². The first kappa shape index (κ1) is 38.2. The zero-order chi connectivity index (χ0) is 31.2. The first-order valence-electron chi connectivity index (χ1n) is 15.5. The van der Waals surface area contributed by atoms with Crippen LogP contribution in [-0.2, 0) is 57.0 Å². The van der Waals surface area contributed by atoms with Crippen molar-refractivity contribution in [2.45, 2.75) is 0 Å². The SMILES string of the molecule is O=C(/C=C/C=C/C(=O)N1CCOCCOCCOCCOCCOCC1)N1CCOCCOCCOCCOCCOCC1. The Balaban J connectivity index is 1.82. The maximum absolute atomic E-state index is 12.9. The molecule has 44 heavy (non-hydrogen) atoms. The molecule has 2 heterocycles. The number of hydrogen-bond acceptors (Lipinski definition) is 12. The van der Waals surface area contributed by atoms with Gasteiger partial charge in [-0.05, 0) is 0 Å². The van der Waals surface area contributed by atoms with Crippen molar-refractivity contribution < 1.29 is 57.0 Å². The Morgan fingerprint density at radius 2 is 0.500 bits per heavy atom. The first-order chi connectivity index (χ1) is 21.8. The second kappa shape index (κ2) is 28.5. The maximum Gasteiger partial charge on any atom is 0.246 e. The Morgan fingerprint density at radius 1 is 0.318 bits per heavy atom. The van der Waals surface area contributed by atoms with Gasteiger partial charge < -0.3 is 57.2 Å². The molecule has 2 saturated heterocycles. The molecule has 2 amide bonds. The van der Waals surface area contributed by atoms with E-state index in [1.54, 1.807) is 22.0 Å². The molecule has 254 valence electrons. The van der Waals surface area contributed by atoms with Crippen LogP contribution in [0.5, 0.6) is 0 Å². The number of amides is 2. The molecule has 0 saturated carbocycles. The van der Waals surface area contributed by atoms with E-state index in [1.807, 2.05) is 0 Å². The van der Waals surface area contributed by atoms with Crippen LogP contribution in [-0.4, -0.2) is 180 Å². The molecule has 0 aromatic rings. The third-order valence-corrected chi connectivity index (χ3v) is 6.21. The maximum atomic E-state index is 12.9. The van der Waals surface area contributed by atoms with Gasteiger partial charge in [-0.25, -0.2) is 0 Å². The lowest BCUT2D eigenvalue weighted by Crippen LogP contribution is -2.36. The Hall–Kier alpha value is -1.98. The van der Waals surface area contributed by atoms with Crippen LogP contribution in [0.15, 0.2) is 24.3 Å². The monoisotopic (exact) mass is 632 g/mol. The summed E-state index contributed by atoms with van der Waals surface area (Å²) >= 11 is 0. The average Bonchev–Trinajstić information content (AvgIpc) is 3.02. The smallest absolute Gasteiger partial charge is 0.246 e. The van der Waals surface area contributed by atoms with Crippen molar-refractivity contribution >= 4 is 11.8 Å². The largest absolute Gasteiger partial charge is 0.377 e. The minimum atomic E-state index is -0.206. The predicted molar refractivity (Wildman–Crippen MR) is 160 cm³/mol. The van der Waals surface area contributed by atoms with E-state index in [9.17, 15) is 9.59 Å². The summed E-state index contributed by atoms with van der Waals surface area (Å²) in [5.41, 5.74) is 0. The van der Waals surface area contributed by atoms with E-state index in [4.69, 9.17) is 47.4 Å². The highest BCUT2D eigenvalue weighted by atomic mass is 16.6. The molecule has 2 fully saturated rings. The average molecular weight is 633 g/mol. The van der Waals surface area contributed by atoms with E-state index in [2.05, 4.69) is 0 Å². The molecule has 0 aromatic heterocycles. The Bertz CT molecular complexity index is 672. The van der Waals surface area contributed by atoms with Crippen LogP contribution < -0.4 is 0 Å². The lowest BCUT2D eigenvalue weighted by molar-refractivity contribution is -0.128. The van der Waals surface area contributed by atoms with Crippen LogP contribution >= 0.6 is 0 Å². The van der Waals surface area contributed by atoms with Crippen LogP contribution in [0.3, 0.4) is 0 Å². The van der Waals surface area contributed by atoms with Crippen molar-refractivity contribution in [3.05, 3.63) is 24.3 Å². The number of hydrogen-bond donors (Lipinski definition) is 0. The van der Waals surface area contributed by atoms with E-state index in [0.717, 1.165) is 0 Å². The highest BCUT2D eigenvalue weighted by molar-refractivity contribution is 5.89. The van der Waals surface area contributed by atoms with E-state index < -0.39 is 0 Å². The molecule has 2 aliphatic heterocycles. The van der Waals surface area contributed by atoms with Crippen molar-refractivity contribution in [1.82, 2.24) is 9.80 Å². The number of allylic oxidation sites excluding steroid dienone is 2. The highest BCUT2D eigenvalue weighted by Crippen LogP contribution is 1.98. The third-order valence-electron chi connectivity index (χ3n) is 6.21. The van der Waals surface area contributed by atoms with E-state index in [0.29, 0.717) is 158 Å². The molecular formula is C30H52N2O12. The summed E-state index contributed by atoms with van der Waals surface area (Å²) < 4.78 is 55.2. The Labute approximate surface area is 261 Å². The molecule has 0 bridgehead atoms. The van der Waals surface area contributed by atoms with Gasteiger partial charge in [0.25, 0.3) is 0 Å². The molecule has 0 N–H and O–H groups in total. The summed E-state index contributed by atoms with van der Waals surface area (Å²) in [4.78, 5) is 29.1. The lowest BCUT2D eigenvalue weighted by Gasteiger charge is -2.21. The van der Waals surface area contributed by atoms with Crippen molar-refractivity contribution in [1.29, 1.82) is 0 Å². The topological polar surface area (TPSA) is 133 Å². The highest BCUT2D eigenvalue weighted by Gasteiger charge is 2.12. The van der Waals surface area contributed by atoms with E-state index in [-0.39, 0.29) is 11.8 Å². The molecule has 0 spiro atoms. The Kier molecular flexibility index (Phi) is 24.7. The fourth-order valence-corrected chi connectivity index (χ4v) is 3.81. The predicted octanol–water partition coefficient (Wildman–Crippen LogP) is -0.0508. The second-order valence-corrected chi connectivity index (χ2v) is 9.49. The molecule has 2 rings (SSSR count). The molecule has 2 aliphatic rings.